The molecule has 0 amide bonds. The van der Waals surface area contributed by atoms with Crippen LogP contribution in [0.3, 0.4) is 0 Å². The molecule has 3 atom stereocenters. The molecule has 3 nitrogen and oxygen atoms in total. The lowest BCUT2D eigenvalue weighted by Gasteiger charge is -2.32. The fourth-order valence-electron chi connectivity index (χ4n) is 2.23. The summed E-state index contributed by atoms with van der Waals surface area (Å²) in [5.74, 6) is 1.13. The van der Waals surface area contributed by atoms with Gasteiger partial charge in [0.25, 0.3) is 0 Å². The molecule has 1 rings (SSSR count). The molecule has 1 aliphatic heterocycles. The zero-order valence-electron chi connectivity index (χ0n) is 10.3. The van der Waals surface area contributed by atoms with Crippen LogP contribution < -0.4 is 0 Å². The number of hydrogen-bond acceptors (Lipinski definition) is 2. The molecule has 0 bridgehead atoms. The topological polar surface area (TPSA) is 37.4 Å². The van der Waals surface area contributed by atoms with Crippen LogP contribution in [-0.4, -0.2) is 36.9 Å². The minimum Gasteiger partial charge on any atom is -0.213 e. The monoisotopic (exact) mass is 311 g/mol. The van der Waals surface area contributed by atoms with Crippen molar-refractivity contribution in [2.75, 3.05) is 19.3 Å². The van der Waals surface area contributed by atoms with Crippen molar-refractivity contribution in [2.24, 2.45) is 11.8 Å². The van der Waals surface area contributed by atoms with Gasteiger partial charge in [0, 0.05) is 17.9 Å². The van der Waals surface area contributed by atoms with Crippen molar-refractivity contribution in [3.63, 3.8) is 0 Å². The van der Waals surface area contributed by atoms with E-state index in [2.05, 4.69) is 29.8 Å². The average Bonchev–Trinajstić information content (AvgIpc) is 2.16. The molecule has 1 aliphatic rings. The maximum atomic E-state index is 11.5. The van der Waals surface area contributed by atoms with Crippen molar-refractivity contribution in [3.05, 3.63) is 0 Å². The number of nitrogens with zero attached hydrogens (tertiary/aromatic N) is 1. The van der Waals surface area contributed by atoms with Crippen LogP contribution in [0.15, 0.2) is 0 Å². The van der Waals surface area contributed by atoms with E-state index in [0.29, 0.717) is 29.8 Å². The van der Waals surface area contributed by atoms with E-state index in [0.717, 1.165) is 19.3 Å². The third-order valence-corrected chi connectivity index (χ3v) is 5.61. The van der Waals surface area contributed by atoms with Gasteiger partial charge in [0.15, 0.2) is 0 Å². The Morgan fingerprint density at radius 3 is 2.56 bits per heavy atom. The van der Waals surface area contributed by atoms with Gasteiger partial charge in [0.05, 0.1) is 6.26 Å². The lowest BCUT2D eigenvalue weighted by molar-refractivity contribution is 0.235. The highest BCUT2D eigenvalue weighted by molar-refractivity contribution is 9.09. The van der Waals surface area contributed by atoms with Gasteiger partial charge in [-0.15, -0.1) is 0 Å². The van der Waals surface area contributed by atoms with Gasteiger partial charge in [-0.05, 0) is 31.1 Å². The van der Waals surface area contributed by atoms with E-state index in [4.69, 9.17) is 0 Å². The van der Waals surface area contributed by atoms with E-state index in [1.807, 2.05) is 0 Å². The molecular formula is C11H22BrNO2S. The maximum Gasteiger partial charge on any atom is 0.211 e. The summed E-state index contributed by atoms with van der Waals surface area (Å²) < 4.78 is 24.6. The van der Waals surface area contributed by atoms with Gasteiger partial charge in [-0.25, -0.2) is 12.7 Å². The van der Waals surface area contributed by atoms with E-state index in [-0.39, 0.29) is 0 Å². The molecule has 0 aromatic heterocycles. The number of rotatable bonds is 4. The first-order valence-corrected chi connectivity index (χ1v) is 8.66. The zero-order valence-corrected chi connectivity index (χ0v) is 12.7. The highest BCUT2D eigenvalue weighted by Crippen LogP contribution is 2.27. The van der Waals surface area contributed by atoms with Crippen molar-refractivity contribution in [1.82, 2.24) is 4.31 Å². The molecule has 0 radical (unpaired) electrons. The molecule has 0 aromatic rings. The van der Waals surface area contributed by atoms with E-state index in [1.165, 1.54) is 6.26 Å². The quantitative estimate of drug-likeness (QED) is 0.748. The molecule has 96 valence electrons. The van der Waals surface area contributed by atoms with Crippen LogP contribution >= 0.6 is 15.9 Å². The number of hydrogen-bond donors (Lipinski definition) is 0. The third kappa shape index (κ3) is 4.34. The summed E-state index contributed by atoms with van der Waals surface area (Å²) in [6, 6.07) is 0. The number of halogens is 1. The highest BCUT2D eigenvalue weighted by atomic mass is 79.9. The molecule has 0 N–H and O–H groups in total. The van der Waals surface area contributed by atoms with Crippen molar-refractivity contribution < 1.29 is 8.42 Å². The molecule has 1 saturated heterocycles. The first-order chi connectivity index (χ1) is 7.30. The molecule has 1 heterocycles. The molecule has 3 unspecified atom stereocenters. The Morgan fingerprint density at radius 1 is 1.44 bits per heavy atom. The highest BCUT2D eigenvalue weighted by Gasteiger charge is 2.27. The van der Waals surface area contributed by atoms with Crippen LogP contribution in [-0.2, 0) is 10.0 Å². The van der Waals surface area contributed by atoms with Gasteiger partial charge in [0.2, 0.25) is 10.0 Å². The van der Waals surface area contributed by atoms with Gasteiger partial charge in [-0.2, -0.15) is 0 Å². The molecule has 0 aliphatic carbocycles. The summed E-state index contributed by atoms with van der Waals surface area (Å²) in [5.41, 5.74) is 0. The minimum absolute atomic E-state index is 0.501. The van der Waals surface area contributed by atoms with E-state index in [9.17, 15) is 8.42 Å². The van der Waals surface area contributed by atoms with Crippen molar-refractivity contribution in [1.29, 1.82) is 0 Å². The first kappa shape index (κ1) is 14.5. The maximum absolute atomic E-state index is 11.5. The molecule has 0 saturated carbocycles. The van der Waals surface area contributed by atoms with Gasteiger partial charge in [-0.3, -0.25) is 0 Å². The zero-order chi connectivity index (χ0) is 12.3. The van der Waals surface area contributed by atoms with E-state index >= 15 is 0 Å². The summed E-state index contributed by atoms with van der Waals surface area (Å²) in [6.07, 6.45) is 4.58. The average molecular weight is 312 g/mol. The number of sulfonamides is 1. The second kappa shape index (κ2) is 5.83. The second-order valence-electron chi connectivity index (χ2n) is 5.02. The van der Waals surface area contributed by atoms with Gasteiger partial charge in [-0.1, -0.05) is 29.8 Å². The summed E-state index contributed by atoms with van der Waals surface area (Å²) in [5, 5.41) is 0. The summed E-state index contributed by atoms with van der Waals surface area (Å²) in [6.45, 7) is 5.79. The summed E-state index contributed by atoms with van der Waals surface area (Å²) >= 11 is 3.59. The Morgan fingerprint density at radius 2 is 2.06 bits per heavy atom. The van der Waals surface area contributed by atoms with Crippen LogP contribution in [0.5, 0.6) is 0 Å². The van der Waals surface area contributed by atoms with Gasteiger partial charge < -0.3 is 0 Å². The van der Waals surface area contributed by atoms with Gasteiger partial charge >= 0.3 is 0 Å². The van der Waals surface area contributed by atoms with Crippen LogP contribution in [0.25, 0.3) is 0 Å². The molecular weight excluding hydrogens is 290 g/mol. The van der Waals surface area contributed by atoms with Crippen LogP contribution in [0.1, 0.15) is 33.1 Å². The smallest absolute Gasteiger partial charge is 0.211 e. The fraction of sp³-hybridized carbons (Fsp3) is 1.00. The Labute approximate surface area is 108 Å². The summed E-state index contributed by atoms with van der Waals surface area (Å²) in [7, 11) is -2.99. The molecule has 1 fully saturated rings. The Kier molecular flexibility index (Phi) is 5.26. The summed E-state index contributed by atoms with van der Waals surface area (Å²) in [4.78, 5) is 0.501. The minimum atomic E-state index is -2.99. The number of piperidine rings is 1. The van der Waals surface area contributed by atoms with Crippen LogP contribution in [0.4, 0.5) is 0 Å². The largest absolute Gasteiger partial charge is 0.213 e. The predicted octanol–water partition coefficient (Wildman–Crippen LogP) is 2.47. The Bertz CT molecular complexity index is 316. The normalized spacial score (nSPS) is 27.6. The Balaban J connectivity index is 2.51. The second-order valence-corrected chi connectivity index (χ2v) is 8.45. The van der Waals surface area contributed by atoms with Crippen LogP contribution in [0, 0.1) is 11.8 Å². The van der Waals surface area contributed by atoms with Crippen LogP contribution in [0.2, 0.25) is 0 Å². The molecule has 16 heavy (non-hydrogen) atoms. The first-order valence-electron chi connectivity index (χ1n) is 5.90. The predicted molar refractivity (Wildman–Crippen MR) is 71.3 cm³/mol. The fourth-order valence-corrected chi connectivity index (χ4v) is 3.39. The van der Waals surface area contributed by atoms with Crippen molar-refractivity contribution >= 4 is 26.0 Å². The molecule has 0 aromatic carbocycles. The number of alkyl halides is 1. The molecule has 5 heteroatoms. The lowest BCUT2D eigenvalue weighted by Crippen LogP contribution is -2.39. The van der Waals surface area contributed by atoms with E-state index < -0.39 is 10.0 Å². The van der Waals surface area contributed by atoms with E-state index in [1.54, 1.807) is 4.31 Å². The molecule has 0 spiro atoms. The Hall–Kier alpha value is 0.390. The SMILES string of the molecule is CC(Br)C(C)CC1CCCN(S(C)(=O)=O)C1. The lowest BCUT2D eigenvalue weighted by atomic mass is 9.89. The van der Waals surface area contributed by atoms with Crippen molar-refractivity contribution in [3.8, 4) is 0 Å². The third-order valence-electron chi connectivity index (χ3n) is 3.44. The van der Waals surface area contributed by atoms with Gasteiger partial charge in [0.1, 0.15) is 0 Å². The van der Waals surface area contributed by atoms with Crippen molar-refractivity contribution in [2.45, 2.75) is 37.9 Å². The standard InChI is InChI=1S/C11H22BrNO2S/c1-9(10(2)12)7-11-5-4-6-13(8-11)16(3,14)15/h9-11H,4-8H2,1-3H3.